The molecule has 3 N–H and O–H groups in total. The fourth-order valence-corrected chi connectivity index (χ4v) is 3.42. The van der Waals surface area contributed by atoms with Gasteiger partial charge in [0.15, 0.2) is 0 Å². The van der Waals surface area contributed by atoms with E-state index in [0.717, 1.165) is 0 Å². The third-order valence-corrected chi connectivity index (χ3v) is 4.32. The van der Waals surface area contributed by atoms with Crippen LogP contribution in [0.2, 0.25) is 0 Å². The number of hydrogen-bond donors (Lipinski definition) is 2. The van der Waals surface area contributed by atoms with Crippen molar-refractivity contribution in [3.63, 3.8) is 0 Å². The molecule has 0 spiro atoms. The van der Waals surface area contributed by atoms with E-state index in [1.54, 1.807) is 11.3 Å². The number of fused-ring (bicyclic) bond motifs is 1. The summed E-state index contributed by atoms with van der Waals surface area (Å²) in [6.45, 7) is 4.48. The van der Waals surface area contributed by atoms with Crippen molar-refractivity contribution in [1.29, 1.82) is 0 Å². The summed E-state index contributed by atoms with van der Waals surface area (Å²) < 4.78 is 1.34. The molecular weight excluding hydrogens is 228 g/mol. The van der Waals surface area contributed by atoms with Gasteiger partial charge in [-0.2, -0.15) is 0 Å². The number of thiophene rings is 1. The van der Waals surface area contributed by atoms with Crippen molar-refractivity contribution in [3.05, 3.63) is 35.2 Å². The van der Waals surface area contributed by atoms with Gasteiger partial charge >= 0.3 is 0 Å². The first kappa shape index (κ1) is 12.6. The Hall–Kier alpha value is -0.900. The standard InChI is InChI=1S/C14H20N2S/c1-3-6-10(2)14(16-15)12-9-17-13-8-5-4-7-11(12)13/h4-5,7-10,14,16H,3,6,15H2,1-2H3. The second-order valence-corrected chi connectivity index (χ2v) is 5.51. The average Bonchev–Trinajstić information content (AvgIpc) is 2.75. The van der Waals surface area contributed by atoms with Crippen molar-refractivity contribution >= 4 is 21.4 Å². The molecular formula is C14H20N2S. The Morgan fingerprint density at radius 2 is 2.12 bits per heavy atom. The monoisotopic (exact) mass is 248 g/mol. The largest absolute Gasteiger partial charge is 0.271 e. The summed E-state index contributed by atoms with van der Waals surface area (Å²) in [5.74, 6) is 6.30. The van der Waals surface area contributed by atoms with Crippen molar-refractivity contribution in [2.45, 2.75) is 32.7 Å². The van der Waals surface area contributed by atoms with Gasteiger partial charge in [-0.1, -0.05) is 38.5 Å². The lowest BCUT2D eigenvalue weighted by atomic mass is 9.91. The molecule has 0 fully saturated rings. The highest BCUT2D eigenvalue weighted by Crippen LogP contribution is 2.34. The normalized spacial score (nSPS) is 15.0. The molecule has 1 aromatic carbocycles. The number of rotatable bonds is 5. The first-order chi connectivity index (χ1) is 8.27. The van der Waals surface area contributed by atoms with Crippen LogP contribution in [0.5, 0.6) is 0 Å². The van der Waals surface area contributed by atoms with Gasteiger partial charge in [-0.15, -0.1) is 11.3 Å². The van der Waals surface area contributed by atoms with Crippen LogP contribution in [0, 0.1) is 5.92 Å². The van der Waals surface area contributed by atoms with Crippen LogP contribution in [0.3, 0.4) is 0 Å². The molecule has 0 aliphatic carbocycles. The molecule has 0 radical (unpaired) electrons. The van der Waals surface area contributed by atoms with Gasteiger partial charge in [0.05, 0.1) is 0 Å². The molecule has 1 aromatic heterocycles. The maximum absolute atomic E-state index is 5.74. The number of benzene rings is 1. The van der Waals surface area contributed by atoms with Gasteiger partial charge in [-0.3, -0.25) is 11.3 Å². The van der Waals surface area contributed by atoms with Crippen molar-refractivity contribution in [1.82, 2.24) is 5.43 Å². The Bertz CT molecular complexity index is 478. The predicted octanol–water partition coefficient (Wildman–Crippen LogP) is 3.84. The molecule has 2 aromatic rings. The summed E-state index contributed by atoms with van der Waals surface area (Å²) >= 11 is 1.80. The highest BCUT2D eigenvalue weighted by atomic mass is 32.1. The SMILES string of the molecule is CCCC(C)C(NN)c1csc2ccccc12. The smallest absolute Gasteiger partial charge is 0.0499 e. The fourth-order valence-electron chi connectivity index (χ4n) is 2.42. The molecule has 0 bridgehead atoms. The topological polar surface area (TPSA) is 38.0 Å². The van der Waals surface area contributed by atoms with Gasteiger partial charge in [-0.05, 0) is 34.7 Å². The summed E-state index contributed by atoms with van der Waals surface area (Å²) in [4.78, 5) is 0. The lowest BCUT2D eigenvalue weighted by Crippen LogP contribution is -2.32. The lowest BCUT2D eigenvalue weighted by molar-refractivity contribution is 0.371. The molecule has 2 rings (SSSR count). The van der Waals surface area contributed by atoms with E-state index in [1.165, 1.54) is 28.5 Å². The Morgan fingerprint density at radius 1 is 1.35 bits per heavy atom. The molecule has 2 nitrogen and oxygen atoms in total. The highest BCUT2D eigenvalue weighted by molar-refractivity contribution is 7.17. The second-order valence-electron chi connectivity index (χ2n) is 4.60. The Kier molecular flexibility index (Phi) is 4.15. The Morgan fingerprint density at radius 3 is 2.82 bits per heavy atom. The van der Waals surface area contributed by atoms with Gasteiger partial charge in [0.1, 0.15) is 0 Å². The quantitative estimate of drug-likeness (QED) is 0.623. The molecule has 2 atom stereocenters. The zero-order chi connectivity index (χ0) is 12.3. The first-order valence-electron chi connectivity index (χ1n) is 6.20. The minimum absolute atomic E-state index is 0.256. The van der Waals surface area contributed by atoms with E-state index >= 15 is 0 Å². The highest BCUT2D eigenvalue weighted by Gasteiger charge is 2.20. The Balaban J connectivity index is 2.36. The molecule has 2 unspecified atom stereocenters. The van der Waals surface area contributed by atoms with Crippen LogP contribution in [-0.2, 0) is 0 Å². The average molecular weight is 248 g/mol. The van der Waals surface area contributed by atoms with Crippen LogP contribution in [0.1, 0.15) is 38.3 Å². The zero-order valence-corrected chi connectivity index (χ0v) is 11.3. The van der Waals surface area contributed by atoms with Gasteiger partial charge in [0, 0.05) is 10.7 Å². The fraction of sp³-hybridized carbons (Fsp3) is 0.429. The third-order valence-electron chi connectivity index (χ3n) is 3.34. The summed E-state index contributed by atoms with van der Waals surface area (Å²) in [6, 6.07) is 8.79. The van der Waals surface area contributed by atoms with E-state index < -0.39 is 0 Å². The Labute approximate surface area is 107 Å². The third kappa shape index (κ3) is 2.51. The van der Waals surface area contributed by atoms with E-state index in [4.69, 9.17) is 5.84 Å². The van der Waals surface area contributed by atoms with Gasteiger partial charge in [-0.25, -0.2) is 0 Å². The molecule has 0 saturated carbocycles. The zero-order valence-electron chi connectivity index (χ0n) is 10.4. The molecule has 92 valence electrons. The van der Waals surface area contributed by atoms with Crippen molar-refractivity contribution in [3.8, 4) is 0 Å². The minimum Gasteiger partial charge on any atom is -0.271 e. The van der Waals surface area contributed by atoms with E-state index in [9.17, 15) is 0 Å². The van der Waals surface area contributed by atoms with Crippen molar-refractivity contribution in [2.24, 2.45) is 11.8 Å². The van der Waals surface area contributed by atoms with Crippen molar-refractivity contribution in [2.75, 3.05) is 0 Å². The van der Waals surface area contributed by atoms with Gasteiger partial charge in [0.25, 0.3) is 0 Å². The van der Waals surface area contributed by atoms with Crippen LogP contribution in [0.15, 0.2) is 29.6 Å². The number of nitrogens with one attached hydrogen (secondary N) is 1. The van der Waals surface area contributed by atoms with E-state index in [-0.39, 0.29) is 6.04 Å². The van der Waals surface area contributed by atoms with Crippen molar-refractivity contribution < 1.29 is 0 Å². The molecule has 0 aliphatic heterocycles. The molecule has 3 heteroatoms. The molecule has 0 saturated heterocycles. The van der Waals surface area contributed by atoms with Crippen LogP contribution in [0.25, 0.3) is 10.1 Å². The van der Waals surface area contributed by atoms with Crippen LogP contribution in [-0.4, -0.2) is 0 Å². The first-order valence-corrected chi connectivity index (χ1v) is 7.08. The summed E-state index contributed by atoms with van der Waals surface area (Å²) in [7, 11) is 0. The molecule has 1 heterocycles. The predicted molar refractivity (Wildman–Crippen MR) is 76.0 cm³/mol. The number of hydrogen-bond acceptors (Lipinski definition) is 3. The molecule has 0 aliphatic rings. The summed E-state index contributed by atoms with van der Waals surface area (Å²) in [5.41, 5.74) is 4.33. The van der Waals surface area contributed by atoms with E-state index in [0.29, 0.717) is 5.92 Å². The van der Waals surface area contributed by atoms with Gasteiger partial charge in [0.2, 0.25) is 0 Å². The maximum atomic E-state index is 5.74. The molecule has 0 amide bonds. The van der Waals surface area contributed by atoms with Crippen LogP contribution >= 0.6 is 11.3 Å². The van der Waals surface area contributed by atoms with E-state index in [2.05, 4.69) is 48.9 Å². The number of hydrazine groups is 1. The molecule has 17 heavy (non-hydrogen) atoms. The minimum atomic E-state index is 0.256. The summed E-state index contributed by atoms with van der Waals surface area (Å²) in [6.07, 6.45) is 2.39. The maximum Gasteiger partial charge on any atom is 0.0499 e. The van der Waals surface area contributed by atoms with Gasteiger partial charge < -0.3 is 0 Å². The second kappa shape index (κ2) is 5.63. The van der Waals surface area contributed by atoms with Crippen LogP contribution in [0.4, 0.5) is 0 Å². The number of nitrogens with two attached hydrogens (primary N) is 1. The lowest BCUT2D eigenvalue weighted by Gasteiger charge is -2.22. The van der Waals surface area contributed by atoms with Crippen LogP contribution < -0.4 is 11.3 Å². The van der Waals surface area contributed by atoms with E-state index in [1.807, 2.05) is 0 Å². The summed E-state index contributed by atoms with van der Waals surface area (Å²) in [5, 5.41) is 3.57.